The number of nitrogens with zero attached hydrogens (tertiary/aromatic N) is 4. The molecule has 2 aromatic heterocycles. The molecule has 0 saturated heterocycles. The van der Waals surface area contributed by atoms with Gasteiger partial charge in [0.25, 0.3) is 0 Å². The van der Waals surface area contributed by atoms with E-state index in [2.05, 4.69) is 15.1 Å². The summed E-state index contributed by atoms with van der Waals surface area (Å²) in [6, 6.07) is 3.78. The van der Waals surface area contributed by atoms with E-state index < -0.39 is 11.7 Å². The fourth-order valence-electron chi connectivity index (χ4n) is 1.53. The van der Waals surface area contributed by atoms with Crippen LogP contribution in [0.3, 0.4) is 0 Å². The Morgan fingerprint density at radius 3 is 2.65 bits per heavy atom. The van der Waals surface area contributed by atoms with Gasteiger partial charge in [-0.3, -0.25) is 4.98 Å². The van der Waals surface area contributed by atoms with Crippen LogP contribution in [0.4, 0.5) is 4.79 Å². The van der Waals surface area contributed by atoms with Gasteiger partial charge in [0.05, 0.1) is 0 Å². The van der Waals surface area contributed by atoms with Crippen LogP contribution >= 0.6 is 0 Å². The van der Waals surface area contributed by atoms with Gasteiger partial charge in [0.15, 0.2) is 5.82 Å². The number of carbonyl (C=O) groups excluding carboxylic acids is 1. The third-order valence-electron chi connectivity index (χ3n) is 2.65. The molecule has 0 N–H and O–H groups in total. The van der Waals surface area contributed by atoms with Gasteiger partial charge in [0.2, 0.25) is 0 Å². The van der Waals surface area contributed by atoms with E-state index in [4.69, 9.17) is 4.74 Å². The molecule has 0 aliphatic carbocycles. The lowest BCUT2D eigenvalue weighted by Gasteiger charge is -2.18. The number of hydrogen-bond acceptors (Lipinski definition) is 5. The van der Waals surface area contributed by atoms with Crippen LogP contribution in [0.2, 0.25) is 0 Å². The van der Waals surface area contributed by atoms with Gasteiger partial charge in [-0.1, -0.05) is 11.5 Å². The fraction of sp³-hybridized carbons (Fsp3) is 0.385. The first-order valence-electron chi connectivity index (χ1n) is 6.36. The molecule has 0 atom stereocenters. The summed E-state index contributed by atoms with van der Waals surface area (Å²) < 4.78 is 6.30. The van der Waals surface area contributed by atoms with Crippen LogP contribution in [-0.2, 0) is 4.74 Å². The summed E-state index contributed by atoms with van der Waals surface area (Å²) >= 11 is 0. The molecule has 2 heterocycles. The largest absolute Gasteiger partial charge is 0.442 e. The number of hydrogen-bond donors (Lipinski definition) is 0. The Labute approximate surface area is 118 Å². The van der Waals surface area contributed by atoms with Crippen LogP contribution in [0.15, 0.2) is 18.5 Å². The highest BCUT2D eigenvalue weighted by atomic mass is 16.6. The SMILES string of the molecule is Bc1ccc(-c2ncn(C(=O)OC(C)(C)C)n2)nc1C. The number of aryl methyl sites for hydroxylation is 1. The molecular formula is C13H17BN4O2. The zero-order valence-electron chi connectivity index (χ0n) is 12.3. The number of aromatic nitrogens is 4. The molecule has 6 nitrogen and oxygen atoms in total. The maximum Gasteiger partial charge on any atom is 0.436 e. The predicted octanol–water partition coefficient (Wildman–Crippen LogP) is 0.690. The molecule has 0 fully saturated rings. The Morgan fingerprint density at radius 2 is 2.05 bits per heavy atom. The Balaban J connectivity index is 2.24. The zero-order chi connectivity index (χ0) is 14.9. The topological polar surface area (TPSA) is 69.9 Å². The quantitative estimate of drug-likeness (QED) is 0.714. The van der Waals surface area contributed by atoms with Crippen molar-refractivity contribution < 1.29 is 9.53 Å². The minimum Gasteiger partial charge on any atom is -0.442 e. The molecular weight excluding hydrogens is 255 g/mol. The summed E-state index contributed by atoms with van der Waals surface area (Å²) in [4.78, 5) is 20.3. The van der Waals surface area contributed by atoms with Crippen LogP contribution in [0, 0.1) is 6.92 Å². The molecule has 0 aliphatic rings. The third-order valence-corrected chi connectivity index (χ3v) is 2.65. The summed E-state index contributed by atoms with van der Waals surface area (Å²) in [6.07, 6.45) is 0.778. The van der Waals surface area contributed by atoms with Gasteiger partial charge < -0.3 is 4.74 Å². The highest BCUT2D eigenvalue weighted by molar-refractivity contribution is 6.33. The molecule has 7 heteroatoms. The Hall–Kier alpha value is -2.18. The van der Waals surface area contributed by atoms with E-state index in [1.165, 1.54) is 6.33 Å². The van der Waals surface area contributed by atoms with E-state index in [1.807, 2.05) is 26.9 Å². The van der Waals surface area contributed by atoms with E-state index in [0.29, 0.717) is 11.5 Å². The molecule has 0 bridgehead atoms. The van der Waals surface area contributed by atoms with Crippen molar-refractivity contribution in [2.45, 2.75) is 33.3 Å². The second kappa shape index (κ2) is 5.07. The van der Waals surface area contributed by atoms with Crippen molar-refractivity contribution in [1.29, 1.82) is 0 Å². The molecule has 0 aromatic carbocycles. The number of ether oxygens (including phenoxy) is 1. The highest BCUT2D eigenvalue weighted by Gasteiger charge is 2.19. The average molecular weight is 272 g/mol. The van der Waals surface area contributed by atoms with Crippen LogP contribution in [0.5, 0.6) is 0 Å². The van der Waals surface area contributed by atoms with E-state index in [1.54, 1.807) is 20.8 Å². The minimum absolute atomic E-state index is 0.402. The molecule has 0 aliphatic heterocycles. The van der Waals surface area contributed by atoms with Gasteiger partial charge >= 0.3 is 6.09 Å². The molecule has 0 radical (unpaired) electrons. The van der Waals surface area contributed by atoms with Crippen LogP contribution in [0.25, 0.3) is 11.5 Å². The van der Waals surface area contributed by atoms with Gasteiger partial charge in [0, 0.05) is 5.69 Å². The van der Waals surface area contributed by atoms with Crippen molar-refractivity contribution in [2.24, 2.45) is 0 Å². The first-order chi connectivity index (χ1) is 9.26. The Morgan fingerprint density at radius 1 is 1.35 bits per heavy atom. The third kappa shape index (κ3) is 3.23. The van der Waals surface area contributed by atoms with Crippen molar-refractivity contribution in [3.05, 3.63) is 24.2 Å². The molecule has 0 unspecified atom stereocenters. The molecule has 0 spiro atoms. The van der Waals surface area contributed by atoms with Crippen molar-refractivity contribution in [3.8, 4) is 11.5 Å². The maximum absolute atomic E-state index is 11.8. The van der Waals surface area contributed by atoms with Gasteiger partial charge in [0.1, 0.15) is 25.5 Å². The van der Waals surface area contributed by atoms with Crippen LogP contribution < -0.4 is 5.46 Å². The Kier molecular flexibility index (Phi) is 3.61. The lowest BCUT2D eigenvalue weighted by Crippen LogP contribution is -2.27. The van der Waals surface area contributed by atoms with Crippen LogP contribution in [-0.4, -0.2) is 39.3 Å². The first-order valence-corrected chi connectivity index (χ1v) is 6.36. The van der Waals surface area contributed by atoms with Gasteiger partial charge in [-0.05, 0) is 33.8 Å². The van der Waals surface area contributed by atoms with Crippen molar-refractivity contribution in [1.82, 2.24) is 19.7 Å². The number of rotatable bonds is 1. The van der Waals surface area contributed by atoms with E-state index >= 15 is 0 Å². The van der Waals surface area contributed by atoms with Crippen molar-refractivity contribution in [3.63, 3.8) is 0 Å². The van der Waals surface area contributed by atoms with E-state index in [0.717, 1.165) is 15.8 Å². The van der Waals surface area contributed by atoms with Crippen molar-refractivity contribution >= 4 is 19.4 Å². The average Bonchev–Trinajstić information content (AvgIpc) is 2.80. The lowest BCUT2D eigenvalue weighted by atomic mass is 9.94. The summed E-state index contributed by atoms with van der Waals surface area (Å²) in [5.74, 6) is 0.402. The van der Waals surface area contributed by atoms with Gasteiger partial charge in [-0.15, -0.1) is 5.10 Å². The molecule has 20 heavy (non-hydrogen) atoms. The van der Waals surface area contributed by atoms with E-state index in [9.17, 15) is 4.79 Å². The monoisotopic (exact) mass is 272 g/mol. The summed E-state index contributed by atoms with van der Waals surface area (Å²) in [6.45, 7) is 7.32. The number of pyridine rings is 1. The molecule has 0 saturated carbocycles. The smallest absolute Gasteiger partial charge is 0.436 e. The maximum atomic E-state index is 11.8. The zero-order valence-corrected chi connectivity index (χ0v) is 12.3. The standard InChI is InChI=1S/C13H17BN4O2/c1-8-9(14)5-6-10(16-8)11-15-7-18(17-11)12(19)20-13(2,3)4/h5-7H,14H2,1-4H3. The summed E-state index contributed by atoms with van der Waals surface area (Å²) in [5.41, 5.74) is 2.08. The second-order valence-electron chi connectivity index (χ2n) is 5.59. The van der Waals surface area contributed by atoms with Gasteiger partial charge in [-0.25, -0.2) is 9.78 Å². The highest BCUT2D eigenvalue weighted by Crippen LogP contribution is 2.12. The Bertz CT molecular complexity index is 646. The first kappa shape index (κ1) is 14.2. The minimum atomic E-state index is -0.568. The van der Waals surface area contributed by atoms with Crippen molar-refractivity contribution in [2.75, 3.05) is 0 Å². The normalized spacial score (nSPS) is 11.4. The van der Waals surface area contributed by atoms with Gasteiger partial charge in [-0.2, -0.15) is 4.68 Å². The van der Waals surface area contributed by atoms with E-state index in [-0.39, 0.29) is 0 Å². The predicted molar refractivity (Wildman–Crippen MR) is 77.8 cm³/mol. The molecule has 2 rings (SSSR count). The summed E-state index contributed by atoms with van der Waals surface area (Å²) in [5, 5.41) is 4.10. The molecule has 2 aromatic rings. The van der Waals surface area contributed by atoms with Crippen LogP contribution in [0.1, 0.15) is 26.5 Å². The molecule has 0 amide bonds. The molecule has 104 valence electrons. The lowest BCUT2D eigenvalue weighted by molar-refractivity contribution is 0.0514. The number of carbonyl (C=O) groups is 1. The second-order valence-corrected chi connectivity index (χ2v) is 5.59. The summed E-state index contributed by atoms with van der Waals surface area (Å²) in [7, 11) is 1.98. The fourth-order valence-corrected chi connectivity index (χ4v) is 1.53.